The lowest BCUT2D eigenvalue weighted by molar-refractivity contribution is -0.386. The molecule has 0 saturated carbocycles. The summed E-state index contributed by atoms with van der Waals surface area (Å²) in [6, 6.07) is 3.58. The fourth-order valence-corrected chi connectivity index (χ4v) is 3.75. The summed E-state index contributed by atoms with van der Waals surface area (Å²) in [4.78, 5) is 10.3. The second-order valence-corrected chi connectivity index (χ2v) is 7.28. The van der Waals surface area contributed by atoms with E-state index in [0.29, 0.717) is 13.1 Å². The van der Waals surface area contributed by atoms with Gasteiger partial charge in [0.25, 0.3) is 0 Å². The molecule has 0 radical (unpaired) electrons. The van der Waals surface area contributed by atoms with Gasteiger partial charge in [0.1, 0.15) is 6.61 Å². The second-order valence-electron chi connectivity index (χ2n) is 4.80. The number of benzene rings is 1. The molecule has 0 aromatic heterocycles. The van der Waals surface area contributed by atoms with Crippen molar-refractivity contribution in [3.63, 3.8) is 0 Å². The molecule has 7 nitrogen and oxygen atoms in total. The first-order valence-electron chi connectivity index (χ1n) is 6.57. The second kappa shape index (κ2) is 6.64. The number of halogens is 1. The molecule has 1 aliphatic heterocycles. The lowest BCUT2D eigenvalue weighted by Crippen LogP contribution is -2.27. The highest BCUT2D eigenvalue weighted by Gasteiger charge is 2.29. The SMILES string of the molecule is C=C(Cl)COc1ccc(S(=O)(=O)N2CCCC2)cc1[N+](=O)[O-]. The highest BCUT2D eigenvalue weighted by Crippen LogP contribution is 2.32. The molecule has 0 atom stereocenters. The summed E-state index contributed by atoms with van der Waals surface area (Å²) < 4.78 is 31.3. The molecular formula is C13H15ClN2O5S. The molecular weight excluding hydrogens is 332 g/mol. The maximum Gasteiger partial charge on any atom is 0.312 e. The minimum absolute atomic E-state index is 0.0489. The maximum absolute atomic E-state index is 12.4. The summed E-state index contributed by atoms with van der Waals surface area (Å²) in [5.41, 5.74) is -0.418. The summed E-state index contributed by atoms with van der Waals surface area (Å²) in [7, 11) is -3.71. The fraction of sp³-hybridized carbons (Fsp3) is 0.385. The van der Waals surface area contributed by atoms with E-state index in [1.54, 1.807) is 0 Å². The number of ether oxygens (including phenoxy) is 1. The van der Waals surface area contributed by atoms with Gasteiger partial charge in [0.15, 0.2) is 5.75 Å². The predicted octanol–water partition coefficient (Wildman–Crippen LogP) is 2.51. The molecule has 1 saturated heterocycles. The number of sulfonamides is 1. The van der Waals surface area contributed by atoms with Crippen LogP contribution in [0.4, 0.5) is 5.69 Å². The molecule has 0 spiro atoms. The third-order valence-electron chi connectivity index (χ3n) is 3.21. The first kappa shape index (κ1) is 16.7. The third kappa shape index (κ3) is 3.57. The van der Waals surface area contributed by atoms with Crippen LogP contribution in [0, 0.1) is 10.1 Å². The van der Waals surface area contributed by atoms with Crippen LogP contribution >= 0.6 is 11.6 Å². The Morgan fingerprint density at radius 2 is 2.05 bits per heavy atom. The van der Waals surface area contributed by atoms with Crippen LogP contribution in [0.1, 0.15) is 12.8 Å². The fourth-order valence-electron chi connectivity index (χ4n) is 2.16. The Hall–Kier alpha value is -1.64. The quantitative estimate of drug-likeness (QED) is 0.583. The van der Waals surface area contributed by atoms with Crippen molar-refractivity contribution >= 4 is 27.3 Å². The topological polar surface area (TPSA) is 89.8 Å². The van der Waals surface area contributed by atoms with Gasteiger partial charge < -0.3 is 4.74 Å². The highest BCUT2D eigenvalue weighted by atomic mass is 35.5. The number of nitro benzene ring substituents is 1. The van der Waals surface area contributed by atoms with Gasteiger partial charge in [-0.1, -0.05) is 18.2 Å². The standard InChI is InChI=1S/C13H15ClN2O5S/c1-10(14)9-21-13-5-4-11(8-12(13)16(17)18)22(19,20)15-6-2-3-7-15/h4-5,8H,1-3,6-7,9H2. The molecule has 0 N–H and O–H groups in total. The van der Waals surface area contributed by atoms with Gasteiger partial charge in [0.05, 0.1) is 9.82 Å². The van der Waals surface area contributed by atoms with Crippen LogP contribution in [0.25, 0.3) is 0 Å². The molecule has 9 heteroatoms. The first-order chi connectivity index (χ1) is 10.3. The summed E-state index contributed by atoms with van der Waals surface area (Å²) in [5, 5.41) is 11.3. The molecule has 1 aliphatic rings. The number of nitrogens with zero attached hydrogens (tertiary/aromatic N) is 2. The van der Waals surface area contributed by atoms with E-state index in [0.717, 1.165) is 18.9 Å². The van der Waals surface area contributed by atoms with Crippen molar-refractivity contribution in [1.29, 1.82) is 0 Å². The summed E-state index contributed by atoms with van der Waals surface area (Å²) >= 11 is 5.56. The van der Waals surface area contributed by atoms with Crippen LogP contribution in [0.2, 0.25) is 0 Å². The Labute approximate surface area is 133 Å². The molecule has 1 aromatic rings. The van der Waals surface area contributed by atoms with Crippen LogP contribution in [0.15, 0.2) is 34.7 Å². The van der Waals surface area contributed by atoms with E-state index in [1.807, 2.05) is 0 Å². The van der Waals surface area contributed by atoms with Crippen molar-refractivity contribution in [2.24, 2.45) is 0 Å². The molecule has 0 bridgehead atoms. The molecule has 0 amide bonds. The summed E-state index contributed by atoms with van der Waals surface area (Å²) in [6.45, 7) is 4.19. The number of nitro groups is 1. The monoisotopic (exact) mass is 346 g/mol. The first-order valence-corrected chi connectivity index (χ1v) is 8.39. The molecule has 0 aliphatic carbocycles. The van der Waals surface area contributed by atoms with Crippen LogP contribution in [0.3, 0.4) is 0 Å². The molecule has 1 fully saturated rings. The Bertz CT molecular complexity index is 698. The number of hydrogen-bond donors (Lipinski definition) is 0. The summed E-state index contributed by atoms with van der Waals surface area (Å²) in [5.74, 6) is -0.0489. The van der Waals surface area contributed by atoms with Crippen LogP contribution in [-0.2, 0) is 10.0 Å². The predicted molar refractivity (Wildman–Crippen MR) is 81.6 cm³/mol. The average Bonchev–Trinajstić information content (AvgIpc) is 2.99. The normalized spacial score (nSPS) is 15.7. The molecule has 120 valence electrons. The number of hydrogen-bond acceptors (Lipinski definition) is 5. The van der Waals surface area contributed by atoms with Gasteiger partial charge in [-0.2, -0.15) is 4.31 Å². The van der Waals surface area contributed by atoms with Gasteiger partial charge >= 0.3 is 5.69 Å². The van der Waals surface area contributed by atoms with Crippen molar-refractivity contribution in [2.75, 3.05) is 19.7 Å². The van der Waals surface area contributed by atoms with Crippen molar-refractivity contribution in [2.45, 2.75) is 17.7 Å². The zero-order valence-corrected chi connectivity index (χ0v) is 13.3. The zero-order chi connectivity index (χ0) is 16.3. The molecule has 1 heterocycles. The Morgan fingerprint density at radius 1 is 1.41 bits per heavy atom. The zero-order valence-electron chi connectivity index (χ0n) is 11.7. The minimum Gasteiger partial charge on any atom is -0.481 e. The van der Waals surface area contributed by atoms with Crippen molar-refractivity contribution in [3.05, 3.63) is 39.9 Å². The molecule has 1 aromatic carbocycles. The Balaban J connectivity index is 2.36. The van der Waals surface area contributed by atoms with Gasteiger partial charge in [0, 0.05) is 24.2 Å². The van der Waals surface area contributed by atoms with E-state index >= 15 is 0 Å². The van der Waals surface area contributed by atoms with E-state index in [-0.39, 0.29) is 22.3 Å². The smallest absolute Gasteiger partial charge is 0.312 e. The Kier molecular flexibility index (Phi) is 5.05. The Morgan fingerprint density at radius 3 is 2.59 bits per heavy atom. The van der Waals surface area contributed by atoms with Gasteiger partial charge in [-0.25, -0.2) is 8.42 Å². The van der Waals surface area contributed by atoms with Crippen molar-refractivity contribution < 1.29 is 18.1 Å². The highest BCUT2D eigenvalue weighted by molar-refractivity contribution is 7.89. The van der Waals surface area contributed by atoms with Crippen LogP contribution in [-0.4, -0.2) is 37.3 Å². The maximum atomic E-state index is 12.4. The van der Waals surface area contributed by atoms with E-state index in [4.69, 9.17) is 16.3 Å². The number of rotatable bonds is 6. The molecule has 22 heavy (non-hydrogen) atoms. The van der Waals surface area contributed by atoms with Crippen LogP contribution in [0.5, 0.6) is 5.75 Å². The average molecular weight is 347 g/mol. The lowest BCUT2D eigenvalue weighted by Gasteiger charge is -2.15. The minimum atomic E-state index is -3.71. The lowest BCUT2D eigenvalue weighted by atomic mass is 10.3. The van der Waals surface area contributed by atoms with E-state index < -0.39 is 20.6 Å². The van der Waals surface area contributed by atoms with Crippen molar-refractivity contribution in [3.8, 4) is 5.75 Å². The van der Waals surface area contributed by atoms with E-state index in [9.17, 15) is 18.5 Å². The summed E-state index contributed by atoms with van der Waals surface area (Å²) in [6.07, 6.45) is 1.58. The van der Waals surface area contributed by atoms with Crippen LogP contribution < -0.4 is 4.74 Å². The van der Waals surface area contributed by atoms with Gasteiger partial charge in [0.2, 0.25) is 10.0 Å². The van der Waals surface area contributed by atoms with E-state index in [1.165, 1.54) is 16.4 Å². The van der Waals surface area contributed by atoms with Gasteiger partial charge in [-0.05, 0) is 25.0 Å². The molecule has 0 unspecified atom stereocenters. The van der Waals surface area contributed by atoms with Gasteiger partial charge in [-0.3, -0.25) is 10.1 Å². The van der Waals surface area contributed by atoms with Crippen molar-refractivity contribution in [1.82, 2.24) is 4.31 Å². The van der Waals surface area contributed by atoms with Gasteiger partial charge in [-0.15, -0.1) is 0 Å². The molecule has 2 rings (SSSR count). The third-order valence-corrected chi connectivity index (χ3v) is 5.22. The van der Waals surface area contributed by atoms with E-state index in [2.05, 4.69) is 6.58 Å². The largest absolute Gasteiger partial charge is 0.481 e.